The number of esters is 3. The Hall–Kier alpha value is -2.89. The summed E-state index contributed by atoms with van der Waals surface area (Å²) < 4.78 is 16.8. The van der Waals surface area contributed by atoms with Gasteiger partial charge >= 0.3 is 17.9 Å². The maximum Gasteiger partial charge on any atom is 0.306 e. The van der Waals surface area contributed by atoms with Crippen molar-refractivity contribution in [3.63, 3.8) is 0 Å². The molecule has 0 aromatic rings. The van der Waals surface area contributed by atoms with Gasteiger partial charge in [0.1, 0.15) is 13.2 Å². The molecule has 0 bridgehead atoms. The average molecular weight is 881 g/mol. The van der Waals surface area contributed by atoms with Gasteiger partial charge in [0.2, 0.25) is 0 Å². The van der Waals surface area contributed by atoms with E-state index in [1.165, 1.54) is 116 Å². The predicted octanol–water partition coefficient (Wildman–Crippen LogP) is 17.6. The van der Waals surface area contributed by atoms with Crippen LogP contribution in [0.25, 0.3) is 0 Å². The van der Waals surface area contributed by atoms with Gasteiger partial charge < -0.3 is 14.2 Å². The molecule has 0 saturated carbocycles. The van der Waals surface area contributed by atoms with Crippen LogP contribution >= 0.6 is 0 Å². The summed E-state index contributed by atoms with van der Waals surface area (Å²) >= 11 is 0. The molecule has 63 heavy (non-hydrogen) atoms. The van der Waals surface area contributed by atoms with E-state index in [0.717, 1.165) is 109 Å². The van der Waals surface area contributed by atoms with Gasteiger partial charge in [-0.15, -0.1) is 0 Å². The summed E-state index contributed by atoms with van der Waals surface area (Å²) in [6.45, 7) is 6.50. The number of carbonyl (C=O) groups is 3. The lowest BCUT2D eigenvalue weighted by atomic mass is 10.0. The van der Waals surface area contributed by atoms with Crippen molar-refractivity contribution in [1.82, 2.24) is 0 Å². The summed E-state index contributed by atoms with van der Waals surface area (Å²) in [6, 6.07) is 0. The van der Waals surface area contributed by atoms with E-state index in [0.29, 0.717) is 19.3 Å². The standard InChI is InChI=1S/C57H100O6/c1-4-7-10-13-16-19-22-25-27-28-30-32-35-38-41-44-47-50-56(59)62-53-54(52-61-55(58)49-46-43-40-37-34-31-24-21-18-15-12-9-6-3)63-57(60)51-48-45-42-39-36-33-29-26-23-20-17-14-11-8-5-2/h7,10,16-17,19-20,25-27,29,54H,4-6,8-9,11-15,18,21-24,28,30-53H2,1-3H3/b10-7-,19-16-,20-17-,27-25-,29-26-. The molecule has 0 aromatic carbocycles. The molecule has 0 heterocycles. The maximum atomic E-state index is 12.8. The molecular formula is C57H100O6. The summed E-state index contributed by atoms with van der Waals surface area (Å²) in [6.07, 6.45) is 63.4. The largest absolute Gasteiger partial charge is 0.462 e. The molecule has 0 saturated heterocycles. The van der Waals surface area contributed by atoms with Gasteiger partial charge in [-0.25, -0.2) is 0 Å². The van der Waals surface area contributed by atoms with Gasteiger partial charge in [0.15, 0.2) is 6.10 Å². The van der Waals surface area contributed by atoms with Crippen LogP contribution in [0.1, 0.15) is 265 Å². The smallest absolute Gasteiger partial charge is 0.306 e. The zero-order valence-corrected chi connectivity index (χ0v) is 41.6. The zero-order valence-electron chi connectivity index (χ0n) is 41.6. The minimum absolute atomic E-state index is 0.0811. The Morgan fingerprint density at radius 3 is 1.00 bits per heavy atom. The molecule has 0 aliphatic carbocycles. The van der Waals surface area contributed by atoms with Crippen LogP contribution in [0, 0.1) is 0 Å². The molecule has 0 spiro atoms. The van der Waals surface area contributed by atoms with Crippen LogP contribution < -0.4 is 0 Å². The molecule has 0 aliphatic heterocycles. The Labute approximate surface area is 390 Å². The molecule has 6 heteroatoms. The van der Waals surface area contributed by atoms with Gasteiger partial charge in [-0.05, 0) is 83.5 Å². The summed E-state index contributed by atoms with van der Waals surface area (Å²) in [4.78, 5) is 38.0. The Bertz CT molecular complexity index is 1150. The van der Waals surface area contributed by atoms with Crippen molar-refractivity contribution in [1.29, 1.82) is 0 Å². The van der Waals surface area contributed by atoms with Crippen LogP contribution in [0.3, 0.4) is 0 Å². The number of unbranched alkanes of at least 4 members (excludes halogenated alkanes) is 27. The van der Waals surface area contributed by atoms with E-state index < -0.39 is 6.10 Å². The van der Waals surface area contributed by atoms with E-state index in [2.05, 4.69) is 81.5 Å². The third-order valence-electron chi connectivity index (χ3n) is 11.5. The molecule has 364 valence electrons. The van der Waals surface area contributed by atoms with Gasteiger partial charge in [-0.2, -0.15) is 0 Å². The van der Waals surface area contributed by atoms with Crippen molar-refractivity contribution in [3.05, 3.63) is 60.8 Å². The molecule has 0 amide bonds. The van der Waals surface area contributed by atoms with Crippen molar-refractivity contribution in [3.8, 4) is 0 Å². The lowest BCUT2D eigenvalue weighted by molar-refractivity contribution is -0.167. The Morgan fingerprint density at radius 1 is 0.333 bits per heavy atom. The van der Waals surface area contributed by atoms with Gasteiger partial charge in [-0.3, -0.25) is 14.4 Å². The first-order valence-corrected chi connectivity index (χ1v) is 26.8. The highest BCUT2D eigenvalue weighted by atomic mass is 16.6. The molecule has 0 aliphatic rings. The van der Waals surface area contributed by atoms with E-state index in [1.54, 1.807) is 0 Å². The summed E-state index contributed by atoms with van der Waals surface area (Å²) in [5.74, 6) is -0.898. The third-order valence-corrected chi connectivity index (χ3v) is 11.5. The summed E-state index contributed by atoms with van der Waals surface area (Å²) in [5.41, 5.74) is 0. The summed E-state index contributed by atoms with van der Waals surface area (Å²) in [5, 5.41) is 0. The second-order valence-corrected chi connectivity index (χ2v) is 17.8. The second kappa shape index (κ2) is 51.7. The Balaban J connectivity index is 4.40. The van der Waals surface area contributed by atoms with Crippen LogP contribution in [0.5, 0.6) is 0 Å². The van der Waals surface area contributed by atoms with Crippen LogP contribution in [-0.2, 0) is 28.6 Å². The molecule has 6 nitrogen and oxygen atoms in total. The molecule has 0 rings (SSSR count). The maximum absolute atomic E-state index is 12.8. The predicted molar refractivity (Wildman–Crippen MR) is 270 cm³/mol. The van der Waals surface area contributed by atoms with E-state index in [4.69, 9.17) is 14.2 Å². The van der Waals surface area contributed by atoms with Crippen LogP contribution in [0.15, 0.2) is 60.8 Å². The monoisotopic (exact) mass is 881 g/mol. The van der Waals surface area contributed by atoms with Gasteiger partial charge in [0.25, 0.3) is 0 Å². The van der Waals surface area contributed by atoms with Crippen molar-refractivity contribution in [2.24, 2.45) is 0 Å². The highest BCUT2D eigenvalue weighted by Crippen LogP contribution is 2.15. The minimum Gasteiger partial charge on any atom is -0.462 e. The SMILES string of the molecule is CC/C=C\C/C=C\C/C=C\CCCCCCCCCC(=O)OCC(COC(=O)CCCCCCCCCCCCCCC)OC(=O)CCCCCCC/C=C\C/C=C\CCCCC. The molecule has 0 radical (unpaired) electrons. The Kier molecular flexibility index (Phi) is 49.4. The molecular weight excluding hydrogens is 781 g/mol. The first-order valence-electron chi connectivity index (χ1n) is 26.8. The van der Waals surface area contributed by atoms with Gasteiger partial charge in [0.05, 0.1) is 0 Å². The minimum atomic E-state index is -0.783. The lowest BCUT2D eigenvalue weighted by Gasteiger charge is -2.18. The van der Waals surface area contributed by atoms with Crippen molar-refractivity contribution in [2.45, 2.75) is 271 Å². The van der Waals surface area contributed by atoms with Crippen molar-refractivity contribution < 1.29 is 28.6 Å². The molecule has 0 N–H and O–H groups in total. The highest BCUT2D eigenvalue weighted by molar-refractivity contribution is 5.71. The first kappa shape index (κ1) is 60.1. The number of ether oxygens (including phenoxy) is 3. The zero-order chi connectivity index (χ0) is 45.8. The number of allylic oxidation sites excluding steroid dienone is 10. The topological polar surface area (TPSA) is 78.9 Å². The lowest BCUT2D eigenvalue weighted by Crippen LogP contribution is -2.30. The normalized spacial score (nSPS) is 12.5. The van der Waals surface area contributed by atoms with E-state index in [9.17, 15) is 14.4 Å². The average Bonchev–Trinajstić information content (AvgIpc) is 3.28. The van der Waals surface area contributed by atoms with E-state index in [1.807, 2.05) is 0 Å². The highest BCUT2D eigenvalue weighted by Gasteiger charge is 2.19. The van der Waals surface area contributed by atoms with Crippen LogP contribution in [-0.4, -0.2) is 37.2 Å². The van der Waals surface area contributed by atoms with E-state index in [-0.39, 0.29) is 31.1 Å². The third kappa shape index (κ3) is 50.0. The van der Waals surface area contributed by atoms with Gasteiger partial charge in [0, 0.05) is 19.3 Å². The fourth-order valence-corrected chi connectivity index (χ4v) is 7.49. The fourth-order valence-electron chi connectivity index (χ4n) is 7.49. The Morgan fingerprint density at radius 2 is 0.619 bits per heavy atom. The quantitative estimate of drug-likeness (QED) is 0.0262. The second-order valence-electron chi connectivity index (χ2n) is 17.8. The number of hydrogen-bond donors (Lipinski definition) is 0. The van der Waals surface area contributed by atoms with E-state index >= 15 is 0 Å². The molecule has 1 unspecified atom stereocenters. The van der Waals surface area contributed by atoms with Crippen molar-refractivity contribution >= 4 is 17.9 Å². The van der Waals surface area contributed by atoms with Crippen LogP contribution in [0.4, 0.5) is 0 Å². The summed E-state index contributed by atoms with van der Waals surface area (Å²) in [7, 11) is 0. The molecule has 0 fully saturated rings. The number of rotatable bonds is 48. The fraction of sp³-hybridized carbons (Fsp3) is 0.772. The number of carbonyl (C=O) groups excluding carboxylic acids is 3. The molecule has 0 aromatic heterocycles. The van der Waals surface area contributed by atoms with Crippen LogP contribution in [0.2, 0.25) is 0 Å². The van der Waals surface area contributed by atoms with Gasteiger partial charge in [-0.1, -0.05) is 223 Å². The van der Waals surface area contributed by atoms with Crippen molar-refractivity contribution in [2.75, 3.05) is 13.2 Å². The number of hydrogen-bond acceptors (Lipinski definition) is 6. The molecule has 1 atom stereocenters. The first-order chi connectivity index (χ1) is 31.0.